The lowest BCUT2D eigenvalue weighted by atomic mass is 10.3. The number of nitrogens with one attached hydrogen (secondary N) is 2. The number of aromatic nitrogens is 1. The van der Waals surface area contributed by atoms with Gasteiger partial charge in [0.15, 0.2) is 0 Å². The first kappa shape index (κ1) is 9.29. The van der Waals surface area contributed by atoms with E-state index in [1.807, 2.05) is 6.07 Å². The number of hydrogen-bond donors (Lipinski definition) is 2. The molecule has 13 heavy (non-hydrogen) atoms. The zero-order valence-corrected chi connectivity index (χ0v) is 7.17. The number of hydrazine groups is 1. The lowest BCUT2D eigenvalue weighted by Gasteiger charge is -2.02. The fraction of sp³-hybridized carbons (Fsp3) is 0. The van der Waals surface area contributed by atoms with Crippen molar-refractivity contribution in [3.8, 4) is 6.07 Å². The Hall–Kier alpha value is -1.80. The molecule has 0 saturated heterocycles. The molecule has 6 heteroatoms. The summed E-state index contributed by atoms with van der Waals surface area (Å²) in [6, 6.07) is 4.79. The number of halogens is 1. The fourth-order valence-corrected chi connectivity index (χ4v) is 0.937. The molecule has 0 aromatic carbocycles. The van der Waals surface area contributed by atoms with Crippen molar-refractivity contribution in [3.63, 3.8) is 0 Å². The van der Waals surface area contributed by atoms with Crippen LogP contribution in [0.2, 0.25) is 5.15 Å². The Balaban J connectivity index is 2.89. The molecule has 0 atom stereocenters. The van der Waals surface area contributed by atoms with Gasteiger partial charge in [0, 0.05) is 6.07 Å². The lowest BCUT2D eigenvalue weighted by Crippen LogP contribution is -2.19. The van der Waals surface area contributed by atoms with Crippen LogP contribution in [0.15, 0.2) is 12.1 Å². The molecule has 1 rings (SSSR count). The van der Waals surface area contributed by atoms with Gasteiger partial charge in [-0.25, -0.2) is 4.98 Å². The van der Waals surface area contributed by atoms with Crippen LogP contribution in [0.5, 0.6) is 0 Å². The maximum absolute atomic E-state index is 9.92. The summed E-state index contributed by atoms with van der Waals surface area (Å²) in [7, 11) is 0. The van der Waals surface area contributed by atoms with E-state index < -0.39 is 0 Å². The molecular weight excluding hydrogens is 192 g/mol. The summed E-state index contributed by atoms with van der Waals surface area (Å²) in [5.74, 6) is 0.316. The lowest BCUT2D eigenvalue weighted by molar-refractivity contribution is -0.109. The minimum atomic E-state index is 0.189. The molecule has 0 aliphatic carbocycles. The van der Waals surface area contributed by atoms with Crippen LogP contribution in [-0.2, 0) is 4.79 Å². The highest BCUT2D eigenvalue weighted by atomic mass is 35.5. The SMILES string of the molecule is N#Cc1cc(Cl)nc(NNC=O)c1. The molecule has 1 aromatic heterocycles. The molecule has 0 unspecified atom stereocenters. The number of hydrogen-bond acceptors (Lipinski definition) is 4. The molecule has 0 fully saturated rings. The molecule has 1 aromatic rings. The van der Waals surface area contributed by atoms with Crippen LogP contribution in [0.1, 0.15) is 5.56 Å². The quantitative estimate of drug-likeness (QED) is 0.423. The van der Waals surface area contributed by atoms with Gasteiger partial charge in [-0.05, 0) is 6.07 Å². The summed E-state index contributed by atoms with van der Waals surface area (Å²) in [4.78, 5) is 13.7. The van der Waals surface area contributed by atoms with Gasteiger partial charge >= 0.3 is 0 Å². The second kappa shape index (κ2) is 4.28. The first-order valence-corrected chi connectivity index (χ1v) is 3.67. The van der Waals surface area contributed by atoms with Crippen molar-refractivity contribution in [2.24, 2.45) is 0 Å². The van der Waals surface area contributed by atoms with E-state index in [9.17, 15) is 4.79 Å². The molecule has 0 bridgehead atoms. The van der Waals surface area contributed by atoms with Gasteiger partial charge in [-0.15, -0.1) is 0 Å². The number of pyridine rings is 1. The average molecular weight is 197 g/mol. The predicted molar refractivity (Wildman–Crippen MR) is 46.8 cm³/mol. The molecule has 0 spiro atoms. The van der Waals surface area contributed by atoms with Crippen LogP contribution in [-0.4, -0.2) is 11.4 Å². The van der Waals surface area contributed by atoms with Crippen molar-refractivity contribution in [1.82, 2.24) is 10.4 Å². The van der Waals surface area contributed by atoms with Crippen molar-refractivity contribution in [2.45, 2.75) is 0 Å². The number of carbonyl (C=O) groups is 1. The monoisotopic (exact) mass is 196 g/mol. The second-order valence-electron chi connectivity index (χ2n) is 2.06. The summed E-state index contributed by atoms with van der Waals surface area (Å²) in [6.45, 7) is 0. The molecule has 66 valence electrons. The highest BCUT2D eigenvalue weighted by Gasteiger charge is 1.99. The molecule has 0 aliphatic heterocycles. The van der Waals surface area contributed by atoms with Crippen molar-refractivity contribution in [2.75, 3.05) is 5.43 Å². The minimum Gasteiger partial charge on any atom is -0.282 e. The van der Waals surface area contributed by atoms with Gasteiger partial charge in [0.05, 0.1) is 11.6 Å². The van der Waals surface area contributed by atoms with Crippen LogP contribution >= 0.6 is 11.6 Å². The smallest absolute Gasteiger partial charge is 0.225 e. The molecule has 2 N–H and O–H groups in total. The second-order valence-corrected chi connectivity index (χ2v) is 2.45. The summed E-state index contributed by atoms with van der Waals surface area (Å²) in [6.07, 6.45) is 0.453. The Morgan fingerprint density at radius 3 is 3.00 bits per heavy atom. The predicted octanol–water partition coefficient (Wildman–Crippen LogP) is 0.680. The Morgan fingerprint density at radius 2 is 2.38 bits per heavy atom. The summed E-state index contributed by atoms with van der Waals surface area (Å²) >= 11 is 5.59. The van der Waals surface area contributed by atoms with E-state index in [2.05, 4.69) is 15.8 Å². The normalized spacial score (nSPS) is 8.62. The zero-order valence-electron chi connectivity index (χ0n) is 6.41. The van der Waals surface area contributed by atoms with E-state index >= 15 is 0 Å². The van der Waals surface area contributed by atoms with Crippen LogP contribution in [0, 0.1) is 11.3 Å². The zero-order chi connectivity index (χ0) is 9.68. The van der Waals surface area contributed by atoms with Gasteiger partial charge in [-0.3, -0.25) is 15.6 Å². The number of nitriles is 1. The number of carbonyl (C=O) groups excluding carboxylic acids is 1. The third kappa shape index (κ3) is 2.61. The van der Waals surface area contributed by atoms with Crippen LogP contribution in [0.4, 0.5) is 5.82 Å². The molecule has 0 radical (unpaired) electrons. The van der Waals surface area contributed by atoms with E-state index in [-0.39, 0.29) is 5.15 Å². The topological polar surface area (TPSA) is 77.8 Å². The maximum Gasteiger partial charge on any atom is 0.225 e. The minimum absolute atomic E-state index is 0.189. The standard InChI is InChI=1S/C7H5ClN4O/c8-6-1-5(3-9)2-7(11-6)12-10-4-13/h1-2,4H,(H,10,13)(H,11,12). The van der Waals surface area contributed by atoms with E-state index in [4.69, 9.17) is 16.9 Å². The number of rotatable bonds is 3. The Kier molecular flexibility index (Phi) is 3.06. The van der Waals surface area contributed by atoms with E-state index in [1.165, 1.54) is 12.1 Å². The highest BCUT2D eigenvalue weighted by Crippen LogP contribution is 2.12. The van der Waals surface area contributed by atoms with Gasteiger partial charge < -0.3 is 0 Å². The molecule has 1 amide bonds. The third-order valence-corrected chi connectivity index (χ3v) is 1.38. The first-order chi connectivity index (χ1) is 6.26. The first-order valence-electron chi connectivity index (χ1n) is 3.29. The molecule has 1 heterocycles. The Bertz CT molecular complexity index is 360. The molecule has 0 aliphatic rings. The van der Waals surface area contributed by atoms with Gasteiger partial charge in [-0.1, -0.05) is 11.6 Å². The van der Waals surface area contributed by atoms with Gasteiger partial charge in [-0.2, -0.15) is 5.26 Å². The van der Waals surface area contributed by atoms with Crippen molar-refractivity contribution in [1.29, 1.82) is 5.26 Å². The van der Waals surface area contributed by atoms with Crippen molar-refractivity contribution in [3.05, 3.63) is 22.8 Å². The fourth-order valence-electron chi connectivity index (χ4n) is 0.729. The number of amides is 1. The van der Waals surface area contributed by atoms with Crippen molar-refractivity contribution >= 4 is 23.8 Å². The number of anilines is 1. The van der Waals surface area contributed by atoms with E-state index in [1.54, 1.807) is 0 Å². The Morgan fingerprint density at radius 1 is 1.62 bits per heavy atom. The van der Waals surface area contributed by atoms with Crippen LogP contribution in [0.25, 0.3) is 0 Å². The summed E-state index contributed by atoms with van der Waals surface area (Å²) in [5.41, 5.74) is 5.00. The molecule has 0 saturated carbocycles. The largest absolute Gasteiger partial charge is 0.282 e. The average Bonchev–Trinajstić information content (AvgIpc) is 2.14. The van der Waals surface area contributed by atoms with Crippen molar-refractivity contribution < 1.29 is 4.79 Å². The third-order valence-electron chi connectivity index (χ3n) is 1.18. The maximum atomic E-state index is 9.92. The summed E-state index contributed by atoms with van der Waals surface area (Å²) in [5, 5.41) is 8.75. The van der Waals surface area contributed by atoms with Gasteiger partial charge in [0.25, 0.3) is 0 Å². The van der Waals surface area contributed by atoms with E-state index in [0.29, 0.717) is 17.8 Å². The molecular formula is C7H5ClN4O. The molecule has 5 nitrogen and oxygen atoms in total. The van der Waals surface area contributed by atoms with E-state index in [0.717, 1.165) is 0 Å². The number of nitrogens with zero attached hydrogens (tertiary/aromatic N) is 2. The van der Waals surface area contributed by atoms with Crippen LogP contribution < -0.4 is 10.9 Å². The summed E-state index contributed by atoms with van der Waals surface area (Å²) < 4.78 is 0. The van der Waals surface area contributed by atoms with Gasteiger partial charge in [0.2, 0.25) is 6.41 Å². The Labute approximate surface area is 79.3 Å². The van der Waals surface area contributed by atoms with Crippen LogP contribution in [0.3, 0.4) is 0 Å². The highest BCUT2D eigenvalue weighted by molar-refractivity contribution is 6.29. The van der Waals surface area contributed by atoms with Gasteiger partial charge in [0.1, 0.15) is 11.0 Å².